The van der Waals surface area contributed by atoms with Crippen molar-refractivity contribution in [2.75, 3.05) is 26.9 Å². The standard InChI is InChI=1S/C16H18O6/c1-3-10-20-11-12-21-16(18)22-14-7-4-13(5-8-14)6-9-15(17)19-2/h1,4-5,7-8H,6,9-12H2,2H3. The lowest BCUT2D eigenvalue weighted by Gasteiger charge is -2.06. The Bertz CT molecular complexity index is 514. The van der Waals surface area contributed by atoms with Crippen molar-refractivity contribution in [2.45, 2.75) is 12.8 Å². The monoisotopic (exact) mass is 306 g/mol. The van der Waals surface area contributed by atoms with Crippen LogP contribution in [-0.4, -0.2) is 39.1 Å². The predicted molar refractivity (Wildman–Crippen MR) is 78.4 cm³/mol. The van der Waals surface area contributed by atoms with Crippen molar-refractivity contribution in [3.05, 3.63) is 29.8 Å². The van der Waals surface area contributed by atoms with E-state index in [1.807, 2.05) is 0 Å². The van der Waals surface area contributed by atoms with Crippen molar-refractivity contribution < 1.29 is 28.5 Å². The molecule has 22 heavy (non-hydrogen) atoms. The number of rotatable bonds is 8. The lowest BCUT2D eigenvalue weighted by atomic mass is 10.1. The Labute approximate surface area is 129 Å². The van der Waals surface area contributed by atoms with Crippen molar-refractivity contribution >= 4 is 12.1 Å². The van der Waals surface area contributed by atoms with Gasteiger partial charge in [-0.2, -0.15) is 0 Å². The van der Waals surface area contributed by atoms with E-state index in [9.17, 15) is 9.59 Å². The summed E-state index contributed by atoms with van der Waals surface area (Å²) in [6, 6.07) is 6.79. The van der Waals surface area contributed by atoms with Crippen LogP contribution in [0.25, 0.3) is 0 Å². The molecular weight excluding hydrogens is 288 g/mol. The first-order chi connectivity index (χ1) is 10.7. The van der Waals surface area contributed by atoms with Gasteiger partial charge in [-0.3, -0.25) is 4.79 Å². The van der Waals surface area contributed by atoms with Crippen molar-refractivity contribution in [1.29, 1.82) is 0 Å². The van der Waals surface area contributed by atoms with Gasteiger partial charge < -0.3 is 18.9 Å². The van der Waals surface area contributed by atoms with Gasteiger partial charge in [-0.25, -0.2) is 4.79 Å². The van der Waals surface area contributed by atoms with Gasteiger partial charge in [0.15, 0.2) is 0 Å². The largest absolute Gasteiger partial charge is 0.513 e. The number of hydrogen-bond acceptors (Lipinski definition) is 6. The summed E-state index contributed by atoms with van der Waals surface area (Å²) in [4.78, 5) is 22.4. The number of ether oxygens (including phenoxy) is 4. The highest BCUT2D eigenvalue weighted by molar-refractivity contribution is 5.69. The van der Waals surface area contributed by atoms with Crippen LogP contribution in [0.4, 0.5) is 4.79 Å². The lowest BCUT2D eigenvalue weighted by molar-refractivity contribution is -0.140. The van der Waals surface area contributed by atoms with Gasteiger partial charge in [-0.15, -0.1) is 6.42 Å². The molecule has 0 aromatic heterocycles. The zero-order valence-electron chi connectivity index (χ0n) is 12.4. The second-order valence-corrected chi connectivity index (χ2v) is 4.18. The third-order valence-electron chi connectivity index (χ3n) is 2.60. The Kier molecular flexibility index (Phi) is 8.16. The molecule has 0 N–H and O–H groups in total. The minimum absolute atomic E-state index is 0.0672. The van der Waals surface area contributed by atoms with Crippen molar-refractivity contribution in [3.8, 4) is 18.1 Å². The van der Waals surface area contributed by atoms with Crippen LogP contribution in [0, 0.1) is 12.3 Å². The average Bonchev–Trinajstić information content (AvgIpc) is 2.53. The molecular formula is C16H18O6. The zero-order valence-corrected chi connectivity index (χ0v) is 12.4. The molecule has 0 saturated carbocycles. The normalized spacial score (nSPS) is 9.64. The van der Waals surface area contributed by atoms with E-state index in [0.29, 0.717) is 18.6 Å². The fourth-order valence-electron chi connectivity index (χ4n) is 1.51. The number of carbonyl (C=O) groups is 2. The molecule has 0 unspecified atom stereocenters. The van der Waals surface area contributed by atoms with Crippen LogP contribution in [0.1, 0.15) is 12.0 Å². The van der Waals surface area contributed by atoms with Crippen molar-refractivity contribution in [3.63, 3.8) is 0 Å². The maximum Gasteiger partial charge on any atom is 0.513 e. The summed E-state index contributed by atoms with van der Waals surface area (Å²) in [7, 11) is 1.35. The van der Waals surface area contributed by atoms with E-state index < -0.39 is 6.16 Å². The molecule has 0 bridgehead atoms. The van der Waals surface area contributed by atoms with E-state index in [1.54, 1.807) is 24.3 Å². The van der Waals surface area contributed by atoms with Crippen LogP contribution in [0.3, 0.4) is 0 Å². The van der Waals surface area contributed by atoms with Gasteiger partial charge in [0.1, 0.15) is 19.0 Å². The van der Waals surface area contributed by atoms with Crippen LogP contribution in [-0.2, 0) is 25.4 Å². The maximum absolute atomic E-state index is 11.4. The third-order valence-corrected chi connectivity index (χ3v) is 2.60. The molecule has 0 aliphatic rings. The quantitative estimate of drug-likeness (QED) is 0.316. The first kappa shape index (κ1) is 17.5. The van der Waals surface area contributed by atoms with E-state index in [4.69, 9.17) is 20.6 Å². The van der Waals surface area contributed by atoms with Crippen LogP contribution < -0.4 is 4.74 Å². The van der Waals surface area contributed by atoms with Crippen LogP contribution in [0.2, 0.25) is 0 Å². The number of aryl methyl sites for hydroxylation is 1. The van der Waals surface area contributed by atoms with Gasteiger partial charge in [0.05, 0.1) is 13.7 Å². The highest BCUT2D eigenvalue weighted by Gasteiger charge is 2.06. The second kappa shape index (κ2) is 10.2. The molecule has 0 atom stereocenters. The lowest BCUT2D eigenvalue weighted by Crippen LogP contribution is -2.14. The molecule has 1 aromatic carbocycles. The molecule has 0 aliphatic carbocycles. The average molecular weight is 306 g/mol. The van der Waals surface area contributed by atoms with Gasteiger partial charge in [0.25, 0.3) is 0 Å². The van der Waals surface area contributed by atoms with Gasteiger partial charge in [-0.1, -0.05) is 18.1 Å². The molecule has 6 heteroatoms. The smallest absolute Gasteiger partial charge is 0.469 e. The molecule has 1 rings (SSSR count). The number of carbonyl (C=O) groups excluding carboxylic acids is 2. The van der Waals surface area contributed by atoms with E-state index in [1.165, 1.54) is 7.11 Å². The fraction of sp³-hybridized carbons (Fsp3) is 0.375. The summed E-state index contributed by atoms with van der Waals surface area (Å²) in [5.74, 6) is 2.39. The highest BCUT2D eigenvalue weighted by atomic mass is 16.7. The van der Waals surface area contributed by atoms with Gasteiger partial charge in [-0.05, 0) is 24.1 Å². The van der Waals surface area contributed by atoms with E-state index >= 15 is 0 Å². The van der Waals surface area contributed by atoms with E-state index in [-0.39, 0.29) is 25.8 Å². The van der Waals surface area contributed by atoms with E-state index in [0.717, 1.165) is 5.56 Å². The third kappa shape index (κ3) is 7.31. The highest BCUT2D eigenvalue weighted by Crippen LogP contribution is 2.14. The summed E-state index contributed by atoms with van der Waals surface area (Å²) in [5.41, 5.74) is 0.939. The first-order valence-electron chi connectivity index (χ1n) is 6.67. The van der Waals surface area contributed by atoms with Gasteiger partial charge >= 0.3 is 12.1 Å². The first-order valence-corrected chi connectivity index (χ1v) is 6.67. The molecule has 0 aliphatic heterocycles. The molecule has 6 nitrogen and oxygen atoms in total. The van der Waals surface area contributed by atoms with Crippen molar-refractivity contribution in [2.24, 2.45) is 0 Å². The number of terminal acetylenes is 1. The predicted octanol–water partition coefficient (Wildman–Crippen LogP) is 1.96. The Balaban J connectivity index is 2.30. The summed E-state index contributed by atoms with van der Waals surface area (Å²) in [6.07, 6.45) is 5.05. The van der Waals surface area contributed by atoms with Crippen LogP contribution >= 0.6 is 0 Å². The van der Waals surface area contributed by atoms with E-state index in [2.05, 4.69) is 10.7 Å². The molecule has 0 amide bonds. The molecule has 0 spiro atoms. The Morgan fingerprint density at radius 2 is 1.91 bits per heavy atom. The summed E-state index contributed by atoms with van der Waals surface area (Å²) in [5, 5.41) is 0. The minimum Gasteiger partial charge on any atom is -0.469 e. The topological polar surface area (TPSA) is 71.1 Å². The minimum atomic E-state index is -0.813. The summed E-state index contributed by atoms with van der Waals surface area (Å²) >= 11 is 0. The van der Waals surface area contributed by atoms with Gasteiger partial charge in [0.2, 0.25) is 0 Å². The van der Waals surface area contributed by atoms with Gasteiger partial charge in [0, 0.05) is 6.42 Å². The number of benzene rings is 1. The fourth-order valence-corrected chi connectivity index (χ4v) is 1.51. The van der Waals surface area contributed by atoms with Crippen LogP contribution in [0.15, 0.2) is 24.3 Å². The second-order valence-electron chi connectivity index (χ2n) is 4.18. The Morgan fingerprint density at radius 1 is 1.18 bits per heavy atom. The molecule has 0 saturated heterocycles. The summed E-state index contributed by atoms with van der Waals surface area (Å²) < 4.78 is 19.3. The summed E-state index contributed by atoms with van der Waals surface area (Å²) in [6.45, 7) is 0.453. The number of hydrogen-bond donors (Lipinski definition) is 0. The number of esters is 1. The van der Waals surface area contributed by atoms with Crippen LogP contribution in [0.5, 0.6) is 5.75 Å². The Hall–Kier alpha value is -2.52. The number of methoxy groups -OCH3 is 1. The SMILES string of the molecule is C#CCOCCOC(=O)Oc1ccc(CCC(=O)OC)cc1. The molecule has 0 radical (unpaired) electrons. The maximum atomic E-state index is 11.4. The molecule has 1 aromatic rings. The Morgan fingerprint density at radius 3 is 2.55 bits per heavy atom. The molecule has 0 fully saturated rings. The molecule has 118 valence electrons. The molecule has 0 heterocycles. The zero-order chi connectivity index (χ0) is 16.2. The van der Waals surface area contributed by atoms with Crippen molar-refractivity contribution in [1.82, 2.24) is 0 Å².